The van der Waals surface area contributed by atoms with Gasteiger partial charge >= 0.3 is 0 Å². The molecule has 0 radical (unpaired) electrons. The summed E-state index contributed by atoms with van der Waals surface area (Å²) in [6.07, 6.45) is 2.43. The molecule has 1 atom stereocenters. The highest BCUT2D eigenvalue weighted by Gasteiger charge is 2.27. The number of benzene rings is 1. The maximum absolute atomic E-state index is 3.72. The zero-order valence-corrected chi connectivity index (χ0v) is 13.6. The maximum atomic E-state index is 3.72. The van der Waals surface area contributed by atoms with Crippen molar-refractivity contribution in [3.8, 4) is 0 Å². The summed E-state index contributed by atoms with van der Waals surface area (Å²) in [6.45, 7) is 14.0. The van der Waals surface area contributed by atoms with Crippen LogP contribution in [0.25, 0.3) is 0 Å². The predicted molar refractivity (Wildman–Crippen MR) is 87.2 cm³/mol. The smallest absolute Gasteiger partial charge is 0.0243 e. The molecule has 1 N–H and O–H groups in total. The molecule has 0 spiro atoms. The van der Waals surface area contributed by atoms with Crippen LogP contribution in [0.15, 0.2) is 24.3 Å². The van der Waals surface area contributed by atoms with Gasteiger partial charge in [0.2, 0.25) is 0 Å². The SMILES string of the molecule is Cc1ccccc1CCN1CCCNC(C(C)(C)C)C1. The molecule has 0 amide bonds. The summed E-state index contributed by atoms with van der Waals surface area (Å²) < 4.78 is 0. The van der Waals surface area contributed by atoms with E-state index in [0.29, 0.717) is 11.5 Å². The zero-order chi connectivity index (χ0) is 14.6. The highest BCUT2D eigenvalue weighted by Crippen LogP contribution is 2.22. The molecule has 1 unspecified atom stereocenters. The van der Waals surface area contributed by atoms with Gasteiger partial charge in [0.25, 0.3) is 0 Å². The van der Waals surface area contributed by atoms with E-state index in [-0.39, 0.29) is 0 Å². The summed E-state index contributed by atoms with van der Waals surface area (Å²) in [5.41, 5.74) is 3.26. The fourth-order valence-corrected chi connectivity index (χ4v) is 2.95. The van der Waals surface area contributed by atoms with E-state index in [1.54, 1.807) is 0 Å². The van der Waals surface area contributed by atoms with Crippen LogP contribution in [-0.4, -0.2) is 37.1 Å². The van der Waals surface area contributed by atoms with Crippen LogP contribution in [0, 0.1) is 12.3 Å². The summed E-state index contributed by atoms with van der Waals surface area (Å²) in [5, 5.41) is 3.72. The Balaban J connectivity index is 1.93. The lowest BCUT2D eigenvalue weighted by atomic mass is 9.86. The molecule has 2 nitrogen and oxygen atoms in total. The Kier molecular flexibility index (Phi) is 5.22. The Bertz CT molecular complexity index is 420. The molecule has 1 aromatic rings. The van der Waals surface area contributed by atoms with Crippen LogP contribution in [0.3, 0.4) is 0 Å². The topological polar surface area (TPSA) is 15.3 Å². The third-order valence-electron chi connectivity index (χ3n) is 4.49. The Morgan fingerprint density at radius 2 is 2.00 bits per heavy atom. The average Bonchev–Trinajstić information content (AvgIpc) is 2.63. The van der Waals surface area contributed by atoms with E-state index < -0.39 is 0 Å². The zero-order valence-electron chi connectivity index (χ0n) is 13.6. The van der Waals surface area contributed by atoms with Crippen molar-refractivity contribution in [3.63, 3.8) is 0 Å². The van der Waals surface area contributed by atoms with E-state index in [1.165, 1.54) is 43.6 Å². The van der Waals surface area contributed by atoms with Crippen LogP contribution in [0.5, 0.6) is 0 Å². The number of nitrogens with zero attached hydrogens (tertiary/aromatic N) is 1. The molecular weight excluding hydrogens is 244 g/mol. The molecule has 0 aromatic heterocycles. The van der Waals surface area contributed by atoms with Crippen molar-refractivity contribution in [3.05, 3.63) is 35.4 Å². The molecule has 112 valence electrons. The van der Waals surface area contributed by atoms with Crippen molar-refractivity contribution in [2.24, 2.45) is 5.41 Å². The van der Waals surface area contributed by atoms with Gasteiger partial charge in [0.1, 0.15) is 0 Å². The quantitative estimate of drug-likeness (QED) is 0.910. The van der Waals surface area contributed by atoms with Crippen molar-refractivity contribution >= 4 is 0 Å². The molecular formula is C18H30N2. The summed E-state index contributed by atoms with van der Waals surface area (Å²) in [6, 6.07) is 9.38. The lowest BCUT2D eigenvalue weighted by molar-refractivity contribution is 0.198. The Morgan fingerprint density at radius 3 is 2.70 bits per heavy atom. The third kappa shape index (κ3) is 4.32. The fraction of sp³-hybridized carbons (Fsp3) is 0.667. The van der Waals surface area contributed by atoms with Crippen LogP contribution in [0.1, 0.15) is 38.3 Å². The van der Waals surface area contributed by atoms with Gasteiger partial charge < -0.3 is 10.2 Å². The number of hydrogen-bond donors (Lipinski definition) is 1. The van der Waals surface area contributed by atoms with Gasteiger partial charge in [-0.05, 0) is 49.4 Å². The van der Waals surface area contributed by atoms with Crippen LogP contribution >= 0.6 is 0 Å². The molecule has 1 heterocycles. The van der Waals surface area contributed by atoms with Crippen molar-refractivity contribution in [2.45, 2.75) is 46.6 Å². The first-order chi connectivity index (χ1) is 9.47. The Hall–Kier alpha value is -0.860. The van der Waals surface area contributed by atoms with Crippen LogP contribution in [-0.2, 0) is 6.42 Å². The summed E-state index contributed by atoms with van der Waals surface area (Å²) in [4.78, 5) is 2.64. The molecule has 2 heteroatoms. The summed E-state index contributed by atoms with van der Waals surface area (Å²) in [5.74, 6) is 0. The van der Waals surface area contributed by atoms with Gasteiger partial charge in [-0.2, -0.15) is 0 Å². The van der Waals surface area contributed by atoms with E-state index in [4.69, 9.17) is 0 Å². The van der Waals surface area contributed by atoms with Crippen molar-refractivity contribution < 1.29 is 0 Å². The Morgan fingerprint density at radius 1 is 1.25 bits per heavy atom. The minimum Gasteiger partial charge on any atom is -0.312 e. The van der Waals surface area contributed by atoms with Gasteiger partial charge in [-0.1, -0.05) is 45.0 Å². The first kappa shape index (κ1) is 15.5. The van der Waals surface area contributed by atoms with Gasteiger partial charge in [-0.25, -0.2) is 0 Å². The predicted octanol–water partition coefficient (Wildman–Crippen LogP) is 3.25. The van der Waals surface area contributed by atoms with Crippen LogP contribution < -0.4 is 5.32 Å². The number of nitrogens with one attached hydrogen (secondary N) is 1. The highest BCUT2D eigenvalue weighted by molar-refractivity contribution is 5.25. The van der Waals surface area contributed by atoms with Gasteiger partial charge in [0, 0.05) is 19.1 Å². The normalized spacial score (nSPS) is 21.7. The second-order valence-corrected chi connectivity index (χ2v) is 7.20. The maximum Gasteiger partial charge on any atom is 0.0243 e. The lowest BCUT2D eigenvalue weighted by Crippen LogP contribution is -2.46. The molecule has 1 aliphatic rings. The standard InChI is InChI=1S/C18H30N2/c1-15-8-5-6-9-16(15)10-13-20-12-7-11-19-17(14-20)18(2,3)4/h5-6,8-9,17,19H,7,10-14H2,1-4H3. The molecule has 0 bridgehead atoms. The van der Waals surface area contributed by atoms with E-state index in [9.17, 15) is 0 Å². The molecule has 2 rings (SSSR count). The molecule has 0 aliphatic carbocycles. The highest BCUT2D eigenvalue weighted by atomic mass is 15.2. The minimum atomic E-state index is 0.339. The largest absolute Gasteiger partial charge is 0.312 e. The molecule has 1 fully saturated rings. The third-order valence-corrected chi connectivity index (χ3v) is 4.49. The van der Waals surface area contributed by atoms with Gasteiger partial charge in [0.15, 0.2) is 0 Å². The van der Waals surface area contributed by atoms with Gasteiger partial charge in [-0.15, -0.1) is 0 Å². The number of hydrogen-bond acceptors (Lipinski definition) is 2. The first-order valence-corrected chi connectivity index (χ1v) is 7.97. The Labute approximate surface area is 124 Å². The first-order valence-electron chi connectivity index (χ1n) is 7.97. The van der Waals surface area contributed by atoms with Gasteiger partial charge in [-0.3, -0.25) is 0 Å². The van der Waals surface area contributed by atoms with Crippen LogP contribution in [0.2, 0.25) is 0 Å². The van der Waals surface area contributed by atoms with E-state index in [0.717, 1.165) is 6.54 Å². The van der Waals surface area contributed by atoms with Crippen molar-refractivity contribution in [1.82, 2.24) is 10.2 Å². The average molecular weight is 274 g/mol. The second-order valence-electron chi connectivity index (χ2n) is 7.20. The van der Waals surface area contributed by atoms with E-state index in [1.807, 2.05) is 0 Å². The van der Waals surface area contributed by atoms with E-state index in [2.05, 4.69) is 62.2 Å². The number of rotatable bonds is 3. The molecule has 1 aliphatic heterocycles. The molecule has 0 saturated carbocycles. The van der Waals surface area contributed by atoms with Crippen molar-refractivity contribution in [1.29, 1.82) is 0 Å². The van der Waals surface area contributed by atoms with E-state index >= 15 is 0 Å². The fourth-order valence-electron chi connectivity index (χ4n) is 2.95. The summed E-state index contributed by atoms with van der Waals surface area (Å²) in [7, 11) is 0. The monoisotopic (exact) mass is 274 g/mol. The minimum absolute atomic E-state index is 0.339. The lowest BCUT2D eigenvalue weighted by Gasteiger charge is -2.33. The second kappa shape index (κ2) is 6.73. The van der Waals surface area contributed by atoms with Crippen molar-refractivity contribution in [2.75, 3.05) is 26.2 Å². The van der Waals surface area contributed by atoms with Crippen LogP contribution in [0.4, 0.5) is 0 Å². The molecule has 1 aromatic carbocycles. The molecule has 1 saturated heterocycles. The molecule has 20 heavy (non-hydrogen) atoms. The van der Waals surface area contributed by atoms with Gasteiger partial charge in [0.05, 0.1) is 0 Å². The number of aryl methyl sites for hydroxylation is 1. The summed E-state index contributed by atoms with van der Waals surface area (Å²) >= 11 is 0.